The SMILES string of the molecule is COc1cc(C(=O)OCc2ccccc2C(N)=O)cc(OC)c1C. The summed E-state index contributed by atoms with van der Waals surface area (Å²) in [6.45, 7) is 1.77. The average Bonchev–Trinajstić information content (AvgIpc) is 2.59. The lowest BCUT2D eigenvalue weighted by atomic mass is 10.1. The summed E-state index contributed by atoms with van der Waals surface area (Å²) in [5, 5.41) is 0. The number of primary amides is 1. The standard InChI is InChI=1S/C18H19NO5/c1-11-15(22-2)8-13(9-16(11)23-3)18(21)24-10-12-6-4-5-7-14(12)17(19)20/h4-9H,10H2,1-3H3,(H2,19,20). The second-order valence-corrected chi connectivity index (χ2v) is 5.10. The maximum atomic E-state index is 12.3. The van der Waals surface area contributed by atoms with Crippen molar-refractivity contribution in [1.82, 2.24) is 0 Å². The summed E-state index contributed by atoms with van der Waals surface area (Å²) < 4.78 is 15.8. The predicted octanol–water partition coefficient (Wildman–Crippen LogP) is 2.47. The van der Waals surface area contributed by atoms with Crippen LogP contribution in [0.4, 0.5) is 0 Å². The minimum atomic E-state index is -0.569. The highest BCUT2D eigenvalue weighted by atomic mass is 16.5. The molecule has 0 saturated carbocycles. The molecule has 1 amide bonds. The number of carbonyl (C=O) groups is 2. The Labute approximate surface area is 140 Å². The van der Waals surface area contributed by atoms with Crippen LogP contribution in [0.25, 0.3) is 0 Å². The first-order valence-corrected chi connectivity index (χ1v) is 7.25. The molecule has 0 radical (unpaired) electrons. The van der Waals surface area contributed by atoms with Crippen molar-refractivity contribution in [2.24, 2.45) is 5.73 Å². The normalized spacial score (nSPS) is 10.1. The number of amides is 1. The lowest BCUT2D eigenvalue weighted by molar-refractivity contribution is 0.0469. The average molecular weight is 329 g/mol. The Kier molecular flexibility index (Phi) is 5.42. The van der Waals surface area contributed by atoms with Gasteiger partial charge in [-0.3, -0.25) is 4.79 Å². The van der Waals surface area contributed by atoms with Gasteiger partial charge >= 0.3 is 5.97 Å². The van der Waals surface area contributed by atoms with Crippen LogP contribution >= 0.6 is 0 Å². The summed E-state index contributed by atoms with van der Waals surface area (Å²) in [6, 6.07) is 9.88. The molecule has 0 heterocycles. The lowest BCUT2D eigenvalue weighted by Crippen LogP contribution is -2.15. The summed E-state index contributed by atoms with van der Waals surface area (Å²) in [6.07, 6.45) is 0. The van der Waals surface area contributed by atoms with Gasteiger partial charge in [0, 0.05) is 16.7 Å². The van der Waals surface area contributed by atoms with Crippen LogP contribution in [-0.2, 0) is 11.3 Å². The Bertz CT molecular complexity index is 745. The minimum Gasteiger partial charge on any atom is -0.496 e. The number of nitrogens with two attached hydrogens (primary N) is 1. The fraction of sp³-hybridized carbons (Fsp3) is 0.222. The highest BCUT2D eigenvalue weighted by Crippen LogP contribution is 2.29. The Morgan fingerprint density at radius 2 is 1.62 bits per heavy atom. The maximum Gasteiger partial charge on any atom is 0.338 e. The number of methoxy groups -OCH3 is 2. The van der Waals surface area contributed by atoms with Gasteiger partial charge in [-0.05, 0) is 25.1 Å². The van der Waals surface area contributed by atoms with Crippen LogP contribution < -0.4 is 15.2 Å². The number of rotatable bonds is 6. The molecule has 2 aromatic carbocycles. The van der Waals surface area contributed by atoms with E-state index in [2.05, 4.69) is 0 Å². The van der Waals surface area contributed by atoms with E-state index in [1.807, 2.05) is 6.92 Å². The molecule has 6 nitrogen and oxygen atoms in total. The molecule has 0 bridgehead atoms. The van der Waals surface area contributed by atoms with Crippen LogP contribution in [-0.4, -0.2) is 26.1 Å². The topological polar surface area (TPSA) is 87.9 Å². The fourth-order valence-electron chi connectivity index (χ4n) is 2.32. The number of hydrogen-bond donors (Lipinski definition) is 1. The van der Waals surface area contributed by atoms with Gasteiger partial charge < -0.3 is 19.9 Å². The molecule has 0 aliphatic heterocycles. The van der Waals surface area contributed by atoms with Crippen molar-refractivity contribution in [2.45, 2.75) is 13.5 Å². The number of hydrogen-bond acceptors (Lipinski definition) is 5. The zero-order valence-electron chi connectivity index (χ0n) is 13.8. The van der Waals surface area contributed by atoms with Crippen LogP contribution in [0.5, 0.6) is 11.5 Å². The van der Waals surface area contributed by atoms with Crippen LogP contribution in [0.15, 0.2) is 36.4 Å². The Hall–Kier alpha value is -3.02. The molecule has 0 spiro atoms. The second kappa shape index (κ2) is 7.50. The Balaban J connectivity index is 2.21. The largest absolute Gasteiger partial charge is 0.496 e. The van der Waals surface area contributed by atoms with E-state index in [0.29, 0.717) is 28.2 Å². The van der Waals surface area contributed by atoms with Crippen molar-refractivity contribution in [2.75, 3.05) is 14.2 Å². The lowest BCUT2D eigenvalue weighted by Gasteiger charge is -2.13. The van der Waals surface area contributed by atoms with Crippen molar-refractivity contribution in [3.05, 3.63) is 58.7 Å². The first kappa shape index (κ1) is 17.3. The van der Waals surface area contributed by atoms with Crippen molar-refractivity contribution in [1.29, 1.82) is 0 Å². The number of benzene rings is 2. The summed E-state index contributed by atoms with van der Waals surface area (Å²) >= 11 is 0. The molecule has 126 valence electrons. The summed E-state index contributed by atoms with van der Waals surface area (Å²) in [7, 11) is 3.03. The molecular weight excluding hydrogens is 310 g/mol. The van der Waals surface area contributed by atoms with Gasteiger partial charge in [0.25, 0.3) is 0 Å². The Morgan fingerprint density at radius 3 is 2.17 bits per heavy atom. The van der Waals surface area contributed by atoms with Gasteiger partial charge in [-0.15, -0.1) is 0 Å². The highest BCUT2D eigenvalue weighted by molar-refractivity contribution is 5.94. The number of ether oxygens (including phenoxy) is 3. The van der Waals surface area contributed by atoms with Crippen LogP contribution in [0, 0.1) is 6.92 Å². The van der Waals surface area contributed by atoms with Gasteiger partial charge in [-0.1, -0.05) is 18.2 Å². The maximum absolute atomic E-state index is 12.3. The van der Waals surface area contributed by atoms with Gasteiger partial charge in [-0.2, -0.15) is 0 Å². The Morgan fingerprint density at radius 1 is 1.04 bits per heavy atom. The van der Waals surface area contributed by atoms with E-state index in [1.54, 1.807) is 36.4 Å². The monoisotopic (exact) mass is 329 g/mol. The molecule has 2 aromatic rings. The van der Waals surface area contributed by atoms with Gasteiger partial charge in [0.1, 0.15) is 18.1 Å². The third-order valence-corrected chi connectivity index (χ3v) is 3.63. The first-order chi connectivity index (χ1) is 11.5. The van der Waals surface area contributed by atoms with Gasteiger partial charge in [-0.25, -0.2) is 4.79 Å². The first-order valence-electron chi connectivity index (χ1n) is 7.25. The van der Waals surface area contributed by atoms with Gasteiger partial charge in [0.15, 0.2) is 0 Å². The van der Waals surface area contributed by atoms with E-state index in [-0.39, 0.29) is 6.61 Å². The quantitative estimate of drug-likeness (QED) is 0.823. The smallest absolute Gasteiger partial charge is 0.338 e. The van der Waals surface area contributed by atoms with E-state index < -0.39 is 11.9 Å². The van der Waals surface area contributed by atoms with Crippen molar-refractivity contribution < 1.29 is 23.8 Å². The molecule has 2 N–H and O–H groups in total. The third-order valence-electron chi connectivity index (χ3n) is 3.63. The number of carbonyl (C=O) groups excluding carboxylic acids is 2. The zero-order valence-corrected chi connectivity index (χ0v) is 13.8. The van der Waals surface area contributed by atoms with E-state index in [0.717, 1.165) is 5.56 Å². The molecule has 0 saturated heterocycles. The molecule has 0 aliphatic carbocycles. The van der Waals surface area contributed by atoms with E-state index in [4.69, 9.17) is 19.9 Å². The van der Waals surface area contributed by atoms with Crippen LogP contribution in [0.3, 0.4) is 0 Å². The minimum absolute atomic E-state index is 0.0591. The summed E-state index contributed by atoms with van der Waals surface area (Å²) in [5.74, 6) is -0.0659. The summed E-state index contributed by atoms with van der Waals surface area (Å²) in [4.78, 5) is 23.7. The molecule has 0 aliphatic rings. The van der Waals surface area contributed by atoms with Gasteiger partial charge in [0.2, 0.25) is 5.91 Å². The predicted molar refractivity (Wildman–Crippen MR) is 88.4 cm³/mol. The van der Waals surface area contributed by atoms with E-state index in [9.17, 15) is 9.59 Å². The molecule has 0 atom stereocenters. The van der Waals surface area contributed by atoms with Gasteiger partial charge in [0.05, 0.1) is 19.8 Å². The van der Waals surface area contributed by atoms with Crippen molar-refractivity contribution >= 4 is 11.9 Å². The highest BCUT2D eigenvalue weighted by Gasteiger charge is 2.16. The van der Waals surface area contributed by atoms with Crippen molar-refractivity contribution in [3.63, 3.8) is 0 Å². The molecule has 2 rings (SSSR count). The second-order valence-electron chi connectivity index (χ2n) is 5.10. The van der Waals surface area contributed by atoms with Crippen LogP contribution in [0.1, 0.15) is 31.8 Å². The van der Waals surface area contributed by atoms with E-state index in [1.165, 1.54) is 14.2 Å². The third kappa shape index (κ3) is 3.65. The van der Waals surface area contributed by atoms with Crippen molar-refractivity contribution in [3.8, 4) is 11.5 Å². The molecule has 6 heteroatoms. The molecule has 0 aromatic heterocycles. The molecule has 24 heavy (non-hydrogen) atoms. The summed E-state index contributed by atoms with van der Waals surface area (Å²) in [5.41, 5.74) is 7.27. The number of esters is 1. The molecule has 0 unspecified atom stereocenters. The van der Waals surface area contributed by atoms with E-state index >= 15 is 0 Å². The van der Waals surface area contributed by atoms with Crippen LogP contribution in [0.2, 0.25) is 0 Å². The molecule has 0 fully saturated rings. The molecular formula is C18H19NO5. The fourth-order valence-corrected chi connectivity index (χ4v) is 2.32. The zero-order chi connectivity index (χ0) is 17.7.